The van der Waals surface area contributed by atoms with Crippen LogP contribution in [0, 0.1) is 0 Å². The molecule has 0 aliphatic carbocycles. The Hall–Kier alpha value is -2.21. The van der Waals surface area contributed by atoms with E-state index in [4.69, 9.17) is 4.74 Å². The molecule has 128 valence electrons. The van der Waals surface area contributed by atoms with Gasteiger partial charge in [-0.2, -0.15) is 0 Å². The molecule has 1 saturated heterocycles. The Bertz CT molecular complexity index is 769. The van der Waals surface area contributed by atoms with Gasteiger partial charge < -0.3 is 9.64 Å². The van der Waals surface area contributed by atoms with Gasteiger partial charge in [-0.1, -0.05) is 25.5 Å². The molecule has 1 aromatic carbocycles. The van der Waals surface area contributed by atoms with Gasteiger partial charge in [-0.15, -0.1) is 0 Å². The van der Waals surface area contributed by atoms with E-state index in [1.807, 2.05) is 23.1 Å². The molecule has 0 spiro atoms. The normalized spacial score (nSPS) is 18.0. The number of carbonyl (C=O) groups is 1. The van der Waals surface area contributed by atoms with Crippen LogP contribution in [-0.2, 0) is 16.1 Å². The molecule has 24 heavy (non-hydrogen) atoms. The summed E-state index contributed by atoms with van der Waals surface area (Å²) in [7, 11) is 0. The van der Waals surface area contributed by atoms with Gasteiger partial charge in [0.15, 0.2) is 0 Å². The monoisotopic (exact) mass is 329 g/mol. The van der Waals surface area contributed by atoms with Gasteiger partial charge in [0.25, 0.3) is 5.56 Å². The van der Waals surface area contributed by atoms with Gasteiger partial charge in [0, 0.05) is 19.5 Å². The molecule has 0 N–H and O–H groups in total. The van der Waals surface area contributed by atoms with Gasteiger partial charge >= 0.3 is 0 Å². The van der Waals surface area contributed by atoms with Crippen molar-refractivity contribution >= 4 is 16.8 Å². The van der Waals surface area contributed by atoms with E-state index in [2.05, 4.69) is 11.9 Å². The highest BCUT2D eigenvalue weighted by atomic mass is 16.5. The number of aromatic nitrogens is 2. The van der Waals surface area contributed by atoms with E-state index in [0.717, 1.165) is 12.8 Å². The summed E-state index contributed by atoms with van der Waals surface area (Å²) in [4.78, 5) is 31.2. The number of amides is 1. The van der Waals surface area contributed by atoms with Gasteiger partial charge in [0.05, 0.1) is 36.5 Å². The van der Waals surface area contributed by atoms with Crippen LogP contribution >= 0.6 is 0 Å². The maximum absolute atomic E-state index is 12.6. The first-order valence-corrected chi connectivity index (χ1v) is 8.52. The average molecular weight is 329 g/mol. The van der Waals surface area contributed by atoms with Gasteiger partial charge in [-0.05, 0) is 18.6 Å². The van der Waals surface area contributed by atoms with Crippen LogP contribution in [0.3, 0.4) is 0 Å². The summed E-state index contributed by atoms with van der Waals surface area (Å²) < 4.78 is 7.01. The number of ether oxygens (including phenoxy) is 1. The third-order valence-electron chi connectivity index (χ3n) is 4.47. The Kier molecular flexibility index (Phi) is 5.25. The van der Waals surface area contributed by atoms with E-state index in [0.29, 0.717) is 43.6 Å². The quantitative estimate of drug-likeness (QED) is 0.839. The van der Waals surface area contributed by atoms with E-state index in [1.54, 1.807) is 6.07 Å². The summed E-state index contributed by atoms with van der Waals surface area (Å²) >= 11 is 0. The molecule has 1 aliphatic rings. The first-order valence-electron chi connectivity index (χ1n) is 8.52. The van der Waals surface area contributed by atoms with Crippen LogP contribution in [0.4, 0.5) is 0 Å². The van der Waals surface area contributed by atoms with Crippen LogP contribution in [0.25, 0.3) is 10.9 Å². The van der Waals surface area contributed by atoms with Crippen LogP contribution in [0.15, 0.2) is 35.4 Å². The fraction of sp³-hybridized carbons (Fsp3) is 0.500. The lowest BCUT2D eigenvalue weighted by molar-refractivity contribution is -0.140. The van der Waals surface area contributed by atoms with Crippen LogP contribution in [-0.4, -0.2) is 46.2 Å². The molecular weight excluding hydrogens is 306 g/mol. The van der Waals surface area contributed by atoms with Crippen molar-refractivity contribution in [3.8, 4) is 0 Å². The predicted molar refractivity (Wildman–Crippen MR) is 91.8 cm³/mol. The Morgan fingerprint density at radius 2 is 2.21 bits per heavy atom. The molecule has 0 unspecified atom stereocenters. The van der Waals surface area contributed by atoms with Crippen LogP contribution in [0.1, 0.15) is 26.2 Å². The fourth-order valence-corrected chi connectivity index (χ4v) is 3.18. The number of benzene rings is 1. The molecule has 6 heteroatoms. The summed E-state index contributed by atoms with van der Waals surface area (Å²) in [6.07, 6.45) is 3.80. The number of morpholine rings is 1. The number of hydrogen-bond donors (Lipinski definition) is 0. The van der Waals surface area contributed by atoms with E-state index in [1.165, 1.54) is 10.9 Å². The van der Waals surface area contributed by atoms with Crippen LogP contribution in [0.2, 0.25) is 0 Å². The second-order valence-electron chi connectivity index (χ2n) is 6.11. The number of nitrogens with zero attached hydrogens (tertiary/aromatic N) is 3. The molecule has 1 atom stereocenters. The minimum Gasteiger partial charge on any atom is -0.377 e. The second kappa shape index (κ2) is 7.57. The zero-order valence-electron chi connectivity index (χ0n) is 14.0. The van der Waals surface area contributed by atoms with Gasteiger partial charge in [0.1, 0.15) is 0 Å². The van der Waals surface area contributed by atoms with E-state index in [-0.39, 0.29) is 17.5 Å². The molecule has 3 rings (SSSR count). The van der Waals surface area contributed by atoms with Gasteiger partial charge in [-0.3, -0.25) is 14.2 Å². The molecule has 1 fully saturated rings. The van der Waals surface area contributed by atoms with Crippen molar-refractivity contribution in [1.29, 1.82) is 0 Å². The smallest absolute Gasteiger partial charge is 0.261 e. The van der Waals surface area contributed by atoms with Crippen molar-refractivity contribution in [3.05, 3.63) is 40.9 Å². The molecular formula is C18H23N3O3. The topological polar surface area (TPSA) is 64.4 Å². The molecule has 1 aromatic heterocycles. The van der Waals surface area contributed by atoms with Crippen LogP contribution < -0.4 is 5.56 Å². The summed E-state index contributed by atoms with van der Waals surface area (Å²) in [5, 5.41) is 0.586. The second-order valence-corrected chi connectivity index (χ2v) is 6.11. The zero-order chi connectivity index (χ0) is 16.9. The summed E-state index contributed by atoms with van der Waals surface area (Å²) in [6, 6.07) is 7.42. The molecule has 1 amide bonds. The molecule has 2 aromatic rings. The van der Waals surface area contributed by atoms with Crippen molar-refractivity contribution < 1.29 is 9.53 Å². The highest BCUT2D eigenvalue weighted by Crippen LogP contribution is 2.14. The molecule has 0 radical (unpaired) electrons. The molecule has 0 saturated carbocycles. The number of fused-ring (bicyclic) bond motifs is 1. The maximum atomic E-state index is 12.6. The summed E-state index contributed by atoms with van der Waals surface area (Å²) in [5.41, 5.74) is 0.585. The largest absolute Gasteiger partial charge is 0.377 e. The summed E-state index contributed by atoms with van der Waals surface area (Å²) in [5.74, 6) is 0.0804. The third-order valence-corrected chi connectivity index (χ3v) is 4.47. The third kappa shape index (κ3) is 3.48. The molecule has 1 aliphatic heterocycles. The van der Waals surface area contributed by atoms with Crippen molar-refractivity contribution in [3.63, 3.8) is 0 Å². The minimum absolute atomic E-state index is 0.0804. The number of rotatable bonds is 5. The van der Waals surface area contributed by atoms with Gasteiger partial charge in [0.2, 0.25) is 5.91 Å². The van der Waals surface area contributed by atoms with Crippen molar-refractivity contribution in [1.82, 2.24) is 14.5 Å². The number of aryl methyl sites for hydroxylation is 1. The van der Waals surface area contributed by atoms with Crippen molar-refractivity contribution in [2.75, 3.05) is 19.8 Å². The van der Waals surface area contributed by atoms with Crippen molar-refractivity contribution in [2.45, 2.75) is 38.8 Å². The highest BCUT2D eigenvalue weighted by Gasteiger charge is 2.26. The Morgan fingerprint density at radius 3 is 3.04 bits per heavy atom. The number of carbonyl (C=O) groups excluding carboxylic acids is 1. The number of para-hydroxylation sites is 1. The van der Waals surface area contributed by atoms with Crippen LogP contribution in [0.5, 0.6) is 0 Å². The SMILES string of the molecule is CCC[C@H]1COCCN1C(=O)CCn1cnc2ccccc2c1=O. The standard InChI is InChI=1S/C18H23N3O3/c1-2-5-14-12-24-11-10-21(14)17(22)8-9-20-13-19-16-7-4-3-6-15(16)18(20)23/h3-4,6-7,13-14H,2,5,8-12H2,1H3/t14-/m0/s1. The zero-order valence-corrected chi connectivity index (χ0v) is 14.0. The summed E-state index contributed by atoms with van der Waals surface area (Å²) in [6.45, 7) is 4.29. The lowest BCUT2D eigenvalue weighted by Crippen LogP contribution is -2.48. The van der Waals surface area contributed by atoms with E-state index in [9.17, 15) is 9.59 Å². The molecule has 6 nitrogen and oxygen atoms in total. The molecule has 0 bridgehead atoms. The first kappa shape index (κ1) is 16.6. The lowest BCUT2D eigenvalue weighted by atomic mass is 10.1. The maximum Gasteiger partial charge on any atom is 0.261 e. The first-order chi connectivity index (χ1) is 11.7. The Morgan fingerprint density at radius 1 is 1.38 bits per heavy atom. The van der Waals surface area contributed by atoms with E-state index >= 15 is 0 Å². The Labute approximate surface area is 141 Å². The molecule has 2 heterocycles. The van der Waals surface area contributed by atoms with Crippen molar-refractivity contribution in [2.24, 2.45) is 0 Å². The van der Waals surface area contributed by atoms with E-state index < -0.39 is 0 Å². The minimum atomic E-state index is -0.0968. The highest BCUT2D eigenvalue weighted by molar-refractivity contribution is 5.78. The lowest BCUT2D eigenvalue weighted by Gasteiger charge is -2.35. The predicted octanol–water partition coefficient (Wildman–Crippen LogP) is 1.81. The Balaban J connectivity index is 1.70. The average Bonchev–Trinajstić information content (AvgIpc) is 2.62. The fourth-order valence-electron chi connectivity index (χ4n) is 3.18. The number of hydrogen-bond acceptors (Lipinski definition) is 4. The van der Waals surface area contributed by atoms with Gasteiger partial charge in [-0.25, -0.2) is 4.98 Å².